The minimum absolute atomic E-state index is 0.191. The number of fused-ring (bicyclic) bond motifs is 1. The molecule has 0 aromatic heterocycles. The van der Waals surface area contributed by atoms with E-state index in [0.29, 0.717) is 13.0 Å². The number of hydrogen-bond acceptors (Lipinski definition) is 6. The lowest BCUT2D eigenvalue weighted by molar-refractivity contribution is -0.129. The second-order valence-electron chi connectivity index (χ2n) is 7.75. The van der Waals surface area contributed by atoms with Crippen LogP contribution in [0.5, 0.6) is 0 Å². The highest BCUT2D eigenvalue weighted by Gasteiger charge is 2.60. The highest BCUT2D eigenvalue weighted by Crippen LogP contribution is 2.46. The van der Waals surface area contributed by atoms with Crippen molar-refractivity contribution in [3.05, 3.63) is 30.3 Å². The Morgan fingerprint density at radius 1 is 1.31 bits per heavy atom. The zero-order chi connectivity index (χ0) is 19.2. The van der Waals surface area contributed by atoms with Crippen molar-refractivity contribution < 1.29 is 23.0 Å². The largest absolute Gasteiger partial charge is 0.386 e. The van der Waals surface area contributed by atoms with E-state index < -0.39 is 38.0 Å². The number of methoxy groups -OCH3 is 1. The first kappa shape index (κ1) is 20.1. The fourth-order valence-corrected chi connectivity index (χ4v) is 6.11. The molecule has 3 rings (SSSR count). The topological polar surface area (TPSA) is 76.1 Å². The minimum atomic E-state index is -3.46. The summed E-state index contributed by atoms with van der Waals surface area (Å²) in [6, 6.07) is 9.71. The van der Waals surface area contributed by atoms with Gasteiger partial charge in [-0.25, -0.2) is 8.42 Å². The van der Waals surface area contributed by atoms with E-state index >= 15 is 0 Å². The summed E-state index contributed by atoms with van der Waals surface area (Å²) < 4.78 is 38.0. The number of sulfonamides is 1. The summed E-state index contributed by atoms with van der Waals surface area (Å²) in [6.45, 7) is 5.58. The van der Waals surface area contributed by atoms with E-state index in [2.05, 4.69) is 0 Å². The average molecular weight is 402 g/mol. The van der Waals surface area contributed by atoms with Crippen LogP contribution in [0.3, 0.4) is 0 Å². The Morgan fingerprint density at radius 2 is 1.96 bits per heavy atom. The van der Waals surface area contributed by atoms with Crippen LogP contribution < -0.4 is 0 Å². The van der Waals surface area contributed by atoms with Crippen molar-refractivity contribution in [3.8, 4) is 0 Å². The SMILES string of the molecule is CO[C@]12CCN(S(=O)(=O)C(C)(C)C)C[C@H]1O[C@H](Sc1ccccc1)[C@@H]2O. The second-order valence-corrected chi connectivity index (χ2v) is 11.6. The quantitative estimate of drug-likeness (QED) is 0.833. The van der Waals surface area contributed by atoms with Crippen LogP contribution in [0, 0.1) is 0 Å². The van der Waals surface area contributed by atoms with Crippen molar-refractivity contribution in [3.63, 3.8) is 0 Å². The Labute approximate surface area is 159 Å². The molecule has 0 amide bonds. The zero-order valence-corrected chi connectivity index (χ0v) is 17.2. The molecule has 6 nitrogen and oxygen atoms in total. The molecule has 8 heteroatoms. The number of rotatable bonds is 4. The van der Waals surface area contributed by atoms with Gasteiger partial charge in [-0.15, -0.1) is 0 Å². The average Bonchev–Trinajstić information content (AvgIpc) is 2.87. The van der Waals surface area contributed by atoms with Crippen LogP contribution in [-0.4, -0.2) is 66.0 Å². The minimum Gasteiger partial charge on any atom is -0.386 e. The third kappa shape index (κ3) is 3.31. The molecule has 1 N–H and O–H groups in total. The van der Waals surface area contributed by atoms with Gasteiger partial charge < -0.3 is 14.6 Å². The molecule has 0 aliphatic carbocycles. The standard InChI is InChI=1S/C18H27NO5S2/c1-17(2,3)26(21,22)19-11-10-18(23-4)14(12-19)24-16(15(18)20)25-13-8-6-5-7-9-13/h5-9,14-16,20H,10-12H2,1-4H3/t14-,15+,16-,18-/m1/s1. The number of aliphatic hydroxyl groups excluding tert-OH is 1. The van der Waals surface area contributed by atoms with Gasteiger partial charge in [0.05, 0.1) is 4.75 Å². The summed E-state index contributed by atoms with van der Waals surface area (Å²) in [4.78, 5) is 0.987. The van der Waals surface area contributed by atoms with Crippen molar-refractivity contribution in [1.29, 1.82) is 0 Å². The van der Waals surface area contributed by atoms with Crippen molar-refractivity contribution in [2.75, 3.05) is 20.2 Å². The molecule has 26 heavy (non-hydrogen) atoms. The van der Waals surface area contributed by atoms with E-state index in [4.69, 9.17) is 9.47 Å². The number of piperidine rings is 1. The molecular weight excluding hydrogens is 374 g/mol. The van der Waals surface area contributed by atoms with Gasteiger partial charge in [-0.3, -0.25) is 0 Å². The number of nitrogens with zero attached hydrogens (tertiary/aromatic N) is 1. The molecule has 2 saturated heterocycles. The van der Waals surface area contributed by atoms with Crippen molar-refractivity contribution in [2.24, 2.45) is 0 Å². The summed E-state index contributed by atoms with van der Waals surface area (Å²) in [5.74, 6) is 0. The van der Waals surface area contributed by atoms with Gasteiger partial charge in [-0.1, -0.05) is 30.0 Å². The zero-order valence-electron chi connectivity index (χ0n) is 15.6. The number of thioether (sulfide) groups is 1. The van der Waals surface area contributed by atoms with E-state index in [0.717, 1.165) is 4.90 Å². The molecule has 2 fully saturated rings. The van der Waals surface area contributed by atoms with Crippen LogP contribution in [-0.2, 0) is 19.5 Å². The first-order chi connectivity index (χ1) is 12.1. The maximum atomic E-state index is 12.8. The lowest BCUT2D eigenvalue weighted by Crippen LogP contribution is -2.61. The summed E-state index contributed by atoms with van der Waals surface area (Å²) in [7, 11) is -1.90. The Balaban J connectivity index is 1.81. The van der Waals surface area contributed by atoms with E-state index in [1.54, 1.807) is 27.9 Å². The fraction of sp³-hybridized carbons (Fsp3) is 0.667. The van der Waals surface area contributed by atoms with Gasteiger partial charge in [0.25, 0.3) is 0 Å². The molecule has 2 aliphatic heterocycles. The highest BCUT2D eigenvalue weighted by molar-refractivity contribution is 7.99. The van der Waals surface area contributed by atoms with Crippen LogP contribution >= 0.6 is 11.8 Å². The monoisotopic (exact) mass is 401 g/mol. The molecule has 0 unspecified atom stereocenters. The normalized spacial score (nSPS) is 33.2. The molecule has 4 atom stereocenters. The first-order valence-corrected chi connectivity index (χ1v) is 11.0. The van der Waals surface area contributed by atoms with Gasteiger partial charge in [-0.05, 0) is 39.3 Å². The molecule has 0 radical (unpaired) electrons. The summed E-state index contributed by atoms with van der Waals surface area (Å²) in [6.07, 6.45) is -0.937. The van der Waals surface area contributed by atoms with E-state index in [9.17, 15) is 13.5 Å². The predicted molar refractivity (Wildman–Crippen MR) is 102 cm³/mol. The maximum absolute atomic E-state index is 12.8. The highest BCUT2D eigenvalue weighted by atomic mass is 32.2. The van der Waals surface area contributed by atoms with E-state index in [-0.39, 0.29) is 6.54 Å². The summed E-state index contributed by atoms with van der Waals surface area (Å²) >= 11 is 1.43. The van der Waals surface area contributed by atoms with E-state index in [1.807, 2.05) is 30.3 Å². The smallest absolute Gasteiger partial charge is 0.219 e. The number of hydrogen-bond donors (Lipinski definition) is 1. The lowest BCUT2D eigenvalue weighted by atomic mass is 9.86. The first-order valence-electron chi connectivity index (χ1n) is 8.72. The van der Waals surface area contributed by atoms with Gasteiger partial charge in [0.2, 0.25) is 10.0 Å². The molecule has 0 saturated carbocycles. The summed E-state index contributed by atoms with van der Waals surface area (Å²) in [5.41, 5.74) is -1.38. The summed E-state index contributed by atoms with van der Waals surface area (Å²) in [5, 5.41) is 10.9. The fourth-order valence-electron chi connectivity index (χ4n) is 3.54. The van der Waals surface area contributed by atoms with Crippen LogP contribution in [0.15, 0.2) is 35.2 Å². The Hall–Kier alpha value is -0.640. The van der Waals surface area contributed by atoms with E-state index in [1.165, 1.54) is 16.1 Å². The van der Waals surface area contributed by atoms with Crippen LogP contribution in [0.25, 0.3) is 0 Å². The van der Waals surface area contributed by atoms with Crippen molar-refractivity contribution in [2.45, 2.75) is 60.1 Å². The molecular formula is C18H27NO5S2. The number of aliphatic hydroxyl groups is 1. The number of ether oxygens (including phenoxy) is 2. The molecule has 2 aliphatic rings. The number of benzene rings is 1. The Morgan fingerprint density at radius 3 is 2.54 bits per heavy atom. The van der Waals surface area contributed by atoms with Crippen LogP contribution in [0.2, 0.25) is 0 Å². The molecule has 1 aromatic carbocycles. The van der Waals surface area contributed by atoms with Crippen LogP contribution in [0.4, 0.5) is 0 Å². The van der Waals surface area contributed by atoms with Crippen molar-refractivity contribution in [1.82, 2.24) is 4.31 Å². The predicted octanol–water partition coefficient (Wildman–Crippen LogP) is 2.08. The third-order valence-corrected chi connectivity index (χ3v) is 8.92. The van der Waals surface area contributed by atoms with Crippen LogP contribution in [0.1, 0.15) is 27.2 Å². The second kappa shape index (κ2) is 7.07. The van der Waals surface area contributed by atoms with Crippen molar-refractivity contribution >= 4 is 21.8 Å². The molecule has 0 bridgehead atoms. The molecule has 2 heterocycles. The lowest BCUT2D eigenvalue weighted by Gasteiger charge is -2.43. The molecule has 1 aromatic rings. The Kier molecular flexibility index (Phi) is 5.47. The van der Waals surface area contributed by atoms with Gasteiger partial charge >= 0.3 is 0 Å². The Bertz CT molecular complexity index is 734. The van der Waals surface area contributed by atoms with Gasteiger partial charge in [0, 0.05) is 25.1 Å². The molecule has 0 spiro atoms. The van der Waals surface area contributed by atoms with Gasteiger partial charge in [0.15, 0.2) is 0 Å². The molecule has 146 valence electrons. The van der Waals surface area contributed by atoms with Gasteiger partial charge in [-0.2, -0.15) is 4.31 Å². The third-order valence-electron chi connectivity index (χ3n) is 5.21. The maximum Gasteiger partial charge on any atom is 0.219 e. The van der Waals surface area contributed by atoms with Gasteiger partial charge in [0.1, 0.15) is 23.2 Å².